The Morgan fingerprint density at radius 1 is 1.21 bits per heavy atom. The van der Waals surface area contributed by atoms with Crippen LogP contribution in [0.4, 0.5) is 11.4 Å². The number of amides is 2. The molecule has 2 amide bonds. The van der Waals surface area contributed by atoms with E-state index in [1.54, 1.807) is 19.1 Å². The quantitative estimate of drug-likeness (QED) is 0.869. The molecule has 2 unspecified atom stereocenters. The molecule has 132 valence electrons. The number of benzene rings is 1. The zero-order chi connectivity index (χ0) is 18.0. The Balaban J connectivity index is 2.12. The van der Waals surface area contributed by atoms with Crippen LogP contribution in [-0.2, 0) is 9.59 Å². The standard InChI is InChI=1S/C18H27N3O3/c1-10(2)21(11(3)4)18(23)12(5)19-14-7-8-16-15(9-14)20-17(22)13(6)24-16/h7-13,19H,1-6H3,(H,20,22). The predicted molar refractivity (Wildman–Crippen MR) is 95.4 cm³/mol. The van der Waals surface area contributed by atoms with E-state index in [2.05, 4.69) is 10.6 Å². The number of nitrogens with one attached hydrogen (secondary N) is 2. The lowest BCUT2D eigenvalue weighted by Crippen LogP contribution is -2.48. The van der Waals surface area contributed by atoms with E-state index in [1.807, 2.05) is 45.6 Å². The first-order valence-corrected chi connectivity index (χ1v) is 8.41. The van der Waals surface area contributed by atoms with Gasteiger partial charge in [0, 0.05) is 17.8 Å². The summed E-state index contributed by atoms with van der Waals surface area (Å²) in [7, 11) is 0. The molecule has 1 aliphatic heterocycles. The van der Waals surface area contributed by atoms with Gasteiger partial charge < -0.3 is 20.3 Å². The summed E-state index contributed by atoms with van der Waals surface area (Å²) in [5.41, 5.74) is 1.38. The number of rotatable bonds is 5. The largest absolute Gasteiger partial charge is 0.479 e. The Hall–Kier alpha value is -2.24. The molecule has 0 fully saturated rings. The summed E-state index contributed by atoms with van der Waals surface area (Å²) in [5, 5.41) is 6.02. The van der Waals surface area contributed by atoms with Gasteiger partial charge in [-0.1, -0.05) is 0 Å². The Morgan fingerprint density at radius 3 is 2.42 bits per heavy atom. The number of fused-ring (bicyclic) bond motifs is 1. The van der Waals surface area contributed by atoms with Gasteiger partial charge in [-0.25, -0.2) is 0 Å². The average Bonchev–Trinajstić information content (AvgIpc) is 2.47. The summed E-state index contributed by atoms with van der Waals surface area (Å²) < 4.78 is 5.54. The van der Waals surface area contributed by atoms with Crippen molar-refractivity contribution >= 4 is 23.2 Å². The van der Waals surface area contributed by atoms with Gasteiger partial charge >= 0.3 is 0 Å². The van der Waals surface area contributed by atoms with E-state index < -0.39 is 6.10 Å². The molecule has 6 nitrogen and oxygen atoms in total. The van der Waals surface area contributed by atoms with Crippen LogP contribution in [0.1, 0.15) is 41.5 Å². The van der Waals surface area contributed by atoms with E-state index >= 15 is 0 Å². The van der Waals surface area contributed by atoms with E-state index in [9.17, 15) is 9.59 Å². The maximum absolute atomic E-state index is 12.7. The van der Waals surface area contributed by atoms with Crippen LogP contribution in [0.5, 0.6) is 5.75 Å². The summed E-state index contributed by atoms with van der Waals surface area (Å²) in [6, 6.07) is 5.35. The van der Waals surface area contributed by atoms with Crippen molar-refractivity contribution < 1.29 is 14.3 Å². The summed E-state index contributed by atoms with van der Waals surface area (Å²) >= 11 is 0. The van der Waals surface area contributed by atoms with Gasteiger partial charge in [-0.05, 0) is 59.7 Å². The summed E-state index contributed by atoms with van der Waals surface area (Å²) in [6.45, 7) is 11.6. The number of hydrogen-bond acceptors (Lipinski definition) is 4. The van der Waals surface area contributed by atoms with Crippen molar-refractivity contribution in [1.29, 1.82) is 0 Å². The molecule has 6 heteroatoms. The van der Waals surface area contributed by atoms with Crippen LogP contribution < -0.4 is 15.4 Å². The molecule has 2 N–H and O–H groups in total. The minimum Gasteiger partial charge on any atom is -0.479 e. The van der Waals surface area contributed by atoms with Gasteiger partial charge in [0.2, 0.25) is 5.91 Å². The highest BCUT2D eigenvalue weighted by Crippen LogP contribution is 2.32. The number of carbonyl (C=O) groups is 2. The fourth-order valence-corrected chi connectivity index (χ4v) is 2.94. The Labute approximate surface area is 143 Å². The number of ether oxygens (including phenoxy) is 1. The number of hydrogen-bond donors (Lipinski definition) is 2. The Morgan fingerprint density at radius 2 is 1.83 bits per heavy atom. The first-order valence-electron chi connectivity index (χ1n) is 8.41. The van der Waals surface area contributed by atoms with Crippen LogP contribution in [0.25, 0.3) is 0 Å². The third kappa shape index (κ3) is 3.80. The van der Waals surface area contributed by atoms with Gasteiger partial charge in [0.25, 0.3) is 5.91 Å². The molecule has 24 heavy (non-hydrogen) atoms. The maximum Gasteiger partial charge on any atom is 0.265 e. The van der Waals surface area contributed by atoms with Gasteiger partial charge in [-0.3, -0.25) is 9.59 Å². The van der Waals surface area contributed by atoms with Crippen molar-refractivity contribution in [2.24, 2.45) is 0 Å². The van der Waals surface area contributed by atoms with E-state index in [4.69, 9.17) is 4.74 Å². The second kappa shape index (κ2) is 7.11. The second-order valence-corrected chi connectivity index (χ2v) is 6.76. The fourth-order valence-electron chi connectivity index (χ4n) is 2.94. The molecule has 1 aromatic rings. The van der Waals surface area contributed by atoms with Crippen LogP contribution in [-0.4, -0.2) is 40.9 Å². The van der Waals surface area contributed by atoms with Crippen LogP contribution in [0.15, 0.2) is 18.2 Å². The smallest absolute Gasteiger partial charge is 0.265 e. The first kappa shape index (κ1) is 18.1. The minimum atomic E-state index is -0.498. The van der Waals surface area contributed by atoms with Gasteiger partial charge in [0.1, 0.15) is 11.8 Å². The van der Waals surface area contributed by atoms with Crippen molar-refractivity contribution in [2.45, 2.75) is 65.8 Å². The molecule has 1 heterocycles. The molecular weight excluding hydrogens is 306 g/mol. The molecule has 2 atom stereocenters. The van der Waals surface area contributed by atoms with E-state index in [0.717, 1.165) is 5.69 Å². The lowest BCUT2D eigenvalue weighted by molar-refractivity contribution is -0.135. The SMILES string of the molecule is CC(Nc1ccc2c(c1)NC(=O)C(C)O2)C(=O)N(C(C)C)C(C)C. The molecular formula is C18H27N3O3. The zero-order valence-electron chi connectivity index (χ0n) is 15.2. The molecule has 0 radical (unpaired) electrons. The predicted octanol–water partition coefficient (Wildman–Crippen LogP) is 2.85. The van der Waals surface area contributed by atoms with Crippen molar-refractivity contribution in [1.82, 2.24) is 4.90 Å². The number of nitrogens with zero attached hydrogens (tertiary/aromatic N) is 1. The van der Waals surface area contributed by atoms with E-state index in [-0.39, 0.29) is 29.9 Å². The molecule has 0 aliphatic carbocycles. The third-order valence-corrected chi connectivity index (χ3v) is 4.03. The molecule has 0 bridgehead atoms. The molecule has 0 aromatic heterocycles. The second-order valence-electron chi connectivity index (χ2n) is 6.76. The highest BCUT2D eigenvalue weighted by molar-refractivity contribution is 5.98. The van der Waals surface area contributed by atoms with Crippen LogP contribution >= 0.6 is 0 Å². The molecule has 0 saturated heterocycles. The van der Waals surface area contributed by atoms with E-state index in [0.29, 0.717) is 11.4 Å². The summed E-state index contributed by atoms with van der Waals surface area (Å²) in [6.07, 6.45) is -0.498. The van der Waals surface area contributed by atoms with Crippen LogP contribution in [0.2, 0.25) is 0 Å². The highest BCUT2D eigenvalue weighted by Gasteiger charge is 2.26. The first-order chi connectivity index (χ1) is 11.2. The van der Waals surface area contributed by atoms with Gasteiger partial charge in [-0.2, -0.15) is 0 Å². The van der Waals surface area contributed by atoms with E-state index in [1.165, 1.54) is 0 Å². The van der Waals surface area contributed by atoms with Gasteiger partial charge in [0.05, 0.1) is 5.69 Å². The monoisotopic (exact) mass is 333 g/mol. The molecule has 2 rings (SSSR count). The van der Waals surface area contributed by atoms with Crippen molar-refractivity contribution in [3.8, 4) is 5.75 Å². The fraction of sp³-hybridized carbons (Fsp3) is 0.556. The third-order valence-electron chi connectivity index (χ3n) is 4.03. The topological polar surface area (TPSA) is 70.7 Å². The summed E-state index contributed by atoms with van der Waals surface area (Å²) in [4.78, 5) is 26.3. The van der Waals surface area contributed by atoms with Crippen molar-refractivity contribution in [3.63, 3.8) is 0 Å². The maximum atomic E-state index is 12.7. The average molecular weight is 333 g/mol. The number of anilines is 2. The van der Waals surface area contributed by atoms with Crippen molar-refractivity contribution in [2.75, 3.05) is 10.6 Å². The Bertz CT molecular complexity index is 620. The van der Waals surface area contributed by atoms with Crippen LogP contribution in [0.3, 0.4) is 0 Å². The molecule has 1 aromatic carbocycles. The summed E-state index contributed by atoms with van der Waals surface area (Å²) in [5.74, 6) is 0.513. The van der Waals surface area contributed by atoms with Gasteiger partial charge in [0.15, 0.2) is 6.10 Å². The zero-order valence-corrected chi connectivity index (χ0v) is 15.2. The van der Waals surface area contributed by atoms with Crippen LogP contribution in [0, 0.1) is 0 Å². The molecule has 0 spiro atoms. The number of carbonyl (C=O) groups excluding carboxylic acids is 2. The lowest BCUT2D eigenvalue weighted by atomic mass is 10.1. The normalized spacial score (nSPS) is 17.8. The molecule has 0 saturated carbocycles. The molecule has 1 aliphatic rings. The Kier molecular flexibility index (Phi) is 5.36. The lowest BCUT2D eigenvalue weighted by Gasteiger charge is -2.33. The van der Waals surface area contributed by atoms with Crippen molar-refractivity contribution in [3.05, 3.63) is 18.2 Å². The highest BCUT2D eigenvalue weighted by atomic mass is 16.5. The minimum absolute atomic E-state index is 0.0478. The van der Waals surface area contributed by atoms with Gasteiger partial charge in [-0.15, -0.1) is 0 Å².